The number of hydrogen-bond donors (Lipinski definition) is 2. The number of amides is 2. The fourth-order valence-electron chi connectivity index (χ4n) is 1.68. The molecule has 3 N–H and O–H groups in total. The van der Waals surface area contributed by atoms with Crippen molar-refractivity contribution in [1.82, 2.24) is 10.2 Å². The standard InChI is InChI=1S/C11H17N3O3/c1-3-4-8(12)11(16)14-5-6-17-7-9(14)10(15)13-2/h1,8-9H,4-7,12H2,2H3,(H,13,15). The van der Waals surface area contributed by atoms with Gasteiger partial charge in [0.1, 0.15) is 6.04 Å². The zero-order valence-electron chi connectivity index (χ0n) is 9.81. The Balaban J connectivity index is 2.74. The van der Waals surface area contributed by atoms with Crippen molar-refractivity contribution >= 4 is 11.8 Å². The van der Waals surface area contributed by atoms with Crippen molar-refractivity contribution in [2.24, 2.45) is 5.73 Å². The number of nitrogens with one attached hydrogen (secondary N) is 1. The van der Waals surface area contributed by atoms with Crippen molar-refractivity contribution in [3.05, 3.63) is 0 Å². The molecule has 1 aliphatic heterocycles. The number of nitrogens with zero attached hydrogens (tertiary/aromatic N) is 1. The predicted octanol–water partition coefficient (Wildman–Crippen LogP) is -1.69. The minimum absolute atomic E-state index is 0.163. The van der Waals surface area contributed by atoms with E-state index in [9.17, 15) is 9.59 Å². The Kier molecular flexibility index (Phi) is 4.94. The number of likely N-dealkylation sites (N-methyl/N-ethyl adjacent to an activating group) is 1. The summed E-state index contributed by atoms with van der Waals surface area (Å²) in [6.07, 6.45) is 5.28. The molecule has 0 spiro atoms. The van der Waals surface area contributed by atoms with E-state index >= 15 is 0 Å². The lowest BCUT2D eigenvalue weighted by Crippen LogP contribution is -2.58. The quantitative estimate of drug-likeness (QED) is 0.576. The van der Waals surface area contributed by atoms with Crippen molar-refractivity contribution in [2.45, 2.75) is 18.5 Å². The van der Waals surface area contributed by atoms with Crippen LogP contribution in [0.3, 0.4) is 0 Å². The molecule has 1 heterocycles. The van der Waals surface area contributed by atoms with Crippen LogP contribution < -0.4 is 11.1 Å². The lowest BCUT2D eigenvalue weighted by Gasteiger charge is -2.35. The van der Waals surface area contributed by atoms with E-state index in [0.717, 1.165) is 0 Å². The van der Waals surface area contributed by atoms with E-state index in [4.69, 9.17) is 16.9 Å². The van der Waals surface area contributed by atoms with E-state index in [1.165, 1.54) is 11.9 Å². The van der Waals surface area contributed by atoms with E-state index in [2.05, 4.69) is 11.2 Å². The van der Waals surface area contributed by atoms with Crippen molar-refractivity contribution in [3.8, 4) is 12.3 Å². The number of carbonyl (C=O) groups excluding carboxylic acids is 2. The number of hydrogen-bond acceptors (Lipinski definition) is 4. The van der Waals surface area contributed by atoms with Gasteiger partial charge in [0.05, 0.1) is 19.3 Å². The number of morpholine rings is 1. The Morgan fingerprint density at radius 3 is 3.00 bits per heavy atom. The summed E-state index contributed by atoms with van der Waals surface area (Å²) in [5, 5.41) is 2.50. The third kappa shape index (κ3) is 3.19. The van der Waals surface area contributed by atoms with Crippen LogP contribution >= 0.6 is 0 Å². The molecule has 17 heavy (non-hydrogen) atoms. The molecule has 94 valence electrons. The van der Waals surface area contributed by atoms with Crippen molar-refractivity contribution in [2.75, 3.05) is 26.8 Å². The second-order valence-electron chi connectivity index (χ2n) is 3.75. The van der Waals surface area contributed by atoms with Gasteiger partial charge in [0.25, 0.3) is 0 Å². The van der Waals surface area contributed by atoms with Crippen LogP contribution in [0.4, 0.5) is 0 Å². The van der Waals surface area contributed by atoms with Crippen LogP contribution in [0.5, 0.6) is 0 Å². The zero-order chi connectivity index (χ0) is 12.8. The molecule has 6 nitrogen and oxygen atoms in total. The summed E-state index contributed by atoms with van der Waals surface area (Å²) in [6, 6.07) is -1.38. The molecule has 0 aromatic carbocycles. The lowest BCUT2D eigenvalue weighted by molar-refractivity contribution is -0.149. The van der Waals surface area contributed by atoms with E-state index in [-0.39, 0.29) is 24.8 Å². The van der Waals surface area contributed by atoms with Gasteiger partial charge in [-0.2, -0.15) is 0 Å². The maximum atomic E-state index is 12.0. The summed E-state index contributed by atoms with van der Waals surface area (Å²) in [4.78, 5) is 25.0. The molecule has 0 aromatic rings. The average molecular weight is 239 g/mol. The molecular formula is C11H17N3O3. The molecule has 2 unspecified atom stereocenters. The highest BCUT2D eigenvalue weighted by Gasteiger charge is 2.34. The summed E-state index contributed by atoms with van der Waals surface area (Å²) >= 11 is 0. The Hall–Kier alpha value is -1.58. The van der Waals surface area contributed by atoms with Crippen LogP contribution in [0.25, 0.3) is 0 Å². The van der Waals surface area contributed by atoms with Crippen LogP contribution in [0, 0.1) is 12.3 Å². The Morgan fingerprint density at radius 2 is 2.41 bits per heavy atom. The van der Waals surface area contributed by atoms with Crippen LogP contribution in [0.1, 0.15) is 6.42 Å². The lowest BCUT2D eigenvalue weighted by atomic mass is 10.1. The molecule has 0 aromatic heterocycles. The summed E-state index contributed by atoms with van der Waals surface area (Å²) in [7, 11) is 1.51. The second-order valence-corrected chi connectivity index (χ2v) is 3.75. The average Bonchev–Trinajstić information content (AvgIpc) is 2.37. The maximum absolute atomic E-state index is 12.0. The van der Waals surface area contributed by atoms with Gasteiger partial charge in [-0.25, -0.2) is 0 Å². The third-order valence-electron chi connectivity index (χ3n) is 2.62. The minimum Gasteiger partial charge on any atom is -0.377 e. The van der Waals surface area contributed by atoms with E-state index < -0.39 is 12.1 Å². The number of terminal acetylenes is 1. The van der Waals surface area contributed by atoms with E-state index in [1.54, 1.807) is 0 Å². The van der Waals surface area contributed by atoms with Gasteiger partial charge in [0.15, 0.2) is 0 Å². The van der Waals surface area contributed by atoms with Crippen LogP contribution in [-0.2, 0) is 14.3 Å². The van der Waals surface area contributed by atoms with Gasteiger partial charge < -0.3 is 20.7 Å². The Bertz CT molecular complexity index is 337. The SMILES string of the molecule is C#CCC(N)C(=O)N1CCOCC1C(=O)NC. The fourth-order valence-corrected chi connectivity index (χ4v) is 1.68. The molecular weight excluding hydrogens is 222 g/mol. The highest BCUT2D eigenvalue weighted by molar-refractivity contribution is 5.90. The van der Waals surface area contributed by atoms with E-state index in [0.29, 0.717) is 13.2 Å². The highest BCUT2D eigenvalue weighted by Crippen LogP contribution is 2.09. The monoisotopic (exact) mass is 239 g/mol. The molecule has 0 radical (unpaired) electrons. The zero-order valence-corrected chi connectivity index (χ0v) is 9.81. The van der Waals surface area contributed by atoms with Crippen LogP contribution in [0.15, 0.2) is 0 Å². The van der Waals surface area contributed by atoms with Crippen LogP contribution in [0.2, 0.25) is 0 Å². The first-order chi connectivity index (χ1) is 8.11. The summed E-state index contributed by atoms with van der Waals surface area (Å²) in [5.74, 6) is 1.78. The first kappa shape index (κ1) is 13.5. The van der Waals surface area contributed by atoms with E-state index in [1.807, 2.05) is 0 Å². The molecule has 1 rings (SSSR count). The van der Waals surface area contributed by atoms with Gasteiger partial charge in [-0.15, -0.1) is 12.3 Å². The van der Waals surface area contributed by atoms with Crippen molar-refractivity contribution in [1.29, 1.82) is 0 Å². The molecule has 0 aliphatic carbocycles. The first-order valence-corrected chi connectivity index (χ1v) is 5.40. The van der Waals surface area contributed by atoms with Crippen LogP contribution in [-0.4, -0.2) is 55.6 Å². The van der Waals surface area contributed by atoms with Gasteiger partial charge in [-0.05, 0) is 0 Å². The molecule has 1 fully saturated rings. The minimum atomic E-state index is -0.759. The van der Waals surface area contributed by atoms with Gasteiger partial charge in [0, 0.05) is 20.0 Å². The van der Waals surface area contributed by atoms with Gasteiger partial charge in [0.2, 0.25) is 11.8 Å². The molecule has 2 atom stereocenters. The second kappa shape index (κ2) is 6.23. The largest absolute Gasteiger partial charge is 0.377 e. The molecule has 2 amide bonds. The summed E-state index contributed by atoms with van der Waals surface area (Å²) < 4.78 is 5.19. The third-order valence-corrected chi connectivity index (χ3v) is 2.62. The molecule has 6 heteroatoms. The number of carbonyl (C=O) groups is 2. The van der Waals surface area contributed by atoms with Crippen molar-refractivity contribution in [3.63, 3.8) is 0 Å². The number of rotatable bonds is 3. The Morgan fingerprint density at radius 1 is 1.71 bits per heavy atom. The normalized spacial score (nSPS) is 21.5. The fraction of sp³-hybridized carbons (Fsp3) is 0.636. The van der Waals surface area contributed by atoms with Gasteiger partial charge in [-0.1, -0.05) is 0 Å². The predicted molar refractivity (Wildman–Crippen MR) is 61.8 cm³/mol. The molecule has 0 bridgehead atoms. The van der Waals surface area contributed by atoms with Gasteiger partial charge in [-0.3, -0.25) is 9.59 Å². The number of ether oxygens (including phenoxy) is 1. The first-order valence-electron chi connectivity index (χ1n) is 5.40. The molecule has 1 saturated heterocycles. The molecule has 0 saturated carbocycles. The Labute approximate surface area is 100 Å². The van der Waals surface area contributed by atoms with Gasteiger partial charge >= 0.3 is 0 Å². The summed E-state index contributed by atoms with van der Waals surface area (Å²) in [6.45, 7) is 0.950. The topological polar surface area (TPSA) is 84.7 Å². The highest BCUT2D eigenvalue weighted by atomic mass is 16.5. The number of nitrogens with two attached hydrogens (primary N) is 1. The smallest absolute Gasteiger partial charge is 0.244 e. The molecule has 1 aliphatic rings. The summed E-state index contributed by atoms with van der Waals surface area (Å²) in [5.41, 5.74) is 5.66. The van der Waals surface area contributed by atoms with Crippen molar-refractivity contribution < 1.29 is 14.3 Å². The maximum Gasteiger partial charge on any atom is 0.244 e.